The average Bonchev–Trinajstić information content (AvgIpc) is 2.29. The SMILES string of the molecule is CNC(C(N)=O)c1ccc2c(c1)CCCO2. The Labute approximate surface area is 94.8 Å². The van der Waals surface area contributed by atoms with Gasteiger partial charge in [0.25, 0.3) is 0 Å². The van der Waals surface area contributed by atoms with Gasteiger partial charge < -0.3 is 15.8 Å². The number of ether oxygens (including phenoxy) is 1. The van der Waals surface area contributed by atoms with Crippen molar-refractivity contribution in [3.05, 3.63) is 29.3 Å². The minimum Gasteiger partial charge on any atom is -0.493 e. The van der Waals surface area contributed by atoms with Crippen LogP contribution in [0.2, 0.25) is 0 Å². The lowest BCUT2D eigenvalue weighted by Gasteiger charge is -2.20. The molecule has 0 saturated carbocycles. The highest BCUT2D eigenvalue weighted by Crippen LogP contribution is 2.27. The zero-order valence-corrected chi connectivity index (χ0v) is 9.32. The van der Waals surface area contributed by atoms with Crippen LogP contribution in [0.3, 0.4) is 0 Å². The zero-order valence-electron chi connectivity index (χ0n) is 9.32. The van der Waals surface area contributed by atoms with E-state index in [-0.39, 0.29) is 5.91 Å². The Morgan fingerprint density at radius 1 is 1.56 bits per heavy atom. The normalized spacial score (nSPS) is 16.1. The number of rotatable bonds is 3. The third-order valence-corrected chi connectivity index (χ3v) is 2.84. The van der Waals surface area contributed by atoms with Crippen LogP contribution in [-0.4, -0.2) is 19.6 Å². The monoisotopic (exact) mass is 220 g/mol. The van der Waals surface area contributed by atoms with Gasteiger partial charge in [0.1, 0.15) is 11.8 Å². The van der Waals surface area contributed by atoms with E-state index in [2.05, 4.69) is 5.32 Å². The Morgan fingerprint density at radius 3 is 3.06 bits per heavy atom. The number of likely N-dealkylation sites (N-methyl/N-ethyl adjacent to an activating group) is 1. The standard InChI is InChI=1S/C12H16N2O2/c1-14-11(12(13)15)9-4-5-10-8(7-9)3-2-6-16-10/h4-5,7,11,14H,2-3,6H2,1H3,(H2,13,15). The Morgan fingerprint density at radius 2 is 2.38 bits per heavy atom. The van der Waals surface area contributed by atoms with Crippen molar-refractivity contribution in [2.75, 3.05) is 13.7 Å². The van der Waals surface area contributed by atoms with Crippen molar-refractivity contribution in [2.24, 2.45) is 5.73 Å². The van der Waals surface area contributed by atoms with Gasteiger partial charge in [-0.15, -0.1) is 0 Å². The average molecular weight is 220 g/mol. The van der Waals surface area contributed by atoms with Crippen LogP contribution in [0.5, 0.6) is 5.75 Å². The third kappa shape index (κ3) is 2.02. The van der Waals surface area contributed by atoms with Gasteiger partial charge in [-0.1, -0.05) is 12.1 Å². The van der Waals surface area contributed by atoms with E-state index in [1.54, 1.807) is 7.05 Å². The highest BCUT2D eigenvalue weighted by Gasteiger charge is 2.18. The Bertz CT molecular complexity index is 404. The molecule has 0 spiro atoms. The molecular formula is C12H16N2O2. The maximum absolute atomic E-state index is 11.2. The second-order valence-corrected chi connectivity index (χ2v) is 3.94. The summed E-state index contributed by atoms with van der Waals surface area (Å²) in [6, 6.07) is 5.38. The molecule has 1 heterocycles. The van der Waals surface area contributed by atoms with E-state index in [0.717, 1.165) is 36.3 Å². The highest BCUT2D eigenvalue weighted by atomic mass is 16.5. The summed E-state index contributed by atoms with van der Waals surface area (Å²) in [7, 11) is 1.73. The van der Waals surface area contributed by atoms with Crippen molar-refractivity contribution in [3.63, 3.8) is 0 Å². The molecule has 4 nitrogen and oxygen atoms in total. The third-order valence-electron chi connectivity index (χ3n) is 2.84. The summed E-state index contributed by atoms with van der Waals surface area (Å²) in [5.41, 5.74) is 7.38. The van der Waals surface area contributed by atoms with E-state index in [4.69, 9.17) is 10.5 Å². The first-order chi connectivity index (χ1) is 7.72. The number of primary amides is 1. The molecule has 0 saturated heterocycles. The largest absolute Gasteiger partial charge is 0.493 e. The Kier molecular flexibility index (Phi) is 3.10. The molecule has 2 rings (SSSR count). The van der Waals surface area contributed by atoms with E-state index in [1.807, 2.05) is 18.2 Å². The van der Waals surface area contributed by atoms with Gasteiger partial charge in [-0.25, -0.2) is 0 Å². The number of hydrogen-bond acceptors (Lipinski definition) is 3. The molecule has 1 aliphatic rings. The van der Waals surface area contributed by atoms with Crippen LogP contribution >= 0.6 is 0 Å². The summed E-state index contributed by atoms with van der Waals surface area (Å²) >= 11 is 0. The Hall–Kier alpha value is -1.55. The topological polar surface area (TPSA) is 64.3 Å². The van der Waals surface area contributed by atoms with Gasteiger partial charge in [0, 0.05) is 0 Å². The molecule has 1 amide bonds. The number of nitrogens with one attached hydrogen (secondary N) is 1. The van der Waals surface area contributed by atoms with Gasteiger partial charge in [0.2, 0.25) is 5.91 Å². The zero-order chi connectivity index (χ0) is 11.5. The molecular weight excluding hydrogens is 204 g/mol. The summed E-state index contributed by atoms with van der Waals surface area (Å²) in [5.74, 6) is 0.563. The summed E-state index contributed by atoms with van der Waals surface area (Å²) < 4.78 is 5.52. The van der Waals surface area contributed by atoms with E-state index < -0.39 is 6.04 Å². The lowest BCUT2D eigenvalue weighted by molar-refractivity contribution is -0.120. The van der Waals surface area contributed by atoms with Crippen LogP contribution in [0.4, 0.5) is 0 Å². The maximum Gasteiger partial charge on any atom is 0.239 e. The van der Waals surface area contributed by atoms with Crippen molar-refractivity contribution in [2.45, 2.75) is 18.9 Å². The van der Waals surface area contributed by atoms with E-state index in [9.17, 15) is 4.79 Å². The predicted octanol–water partition coefficient (Wildman–Crippen LogP) is 0.757. The fraction of sp³-hybridized carbons (Fsp3) is 0.417. The number of carbonyl (C=O) groups excluding carboxylic acids is 1. The number of aryl methyl sites for hydroxylation is 1. The fourth-order valence-electron chi connectivity index (χ4n) is 2.03. The second kappa shape index (κ2) is 4.53. The number of nitrogens with two attached hydrogens (primary N) is 1. The van der Waals surface area contributed by atoms with Crippen LogP contribution in [0.15, 0.2) is 18.2 Å². The summed E-state index contributed by atoms with van der Waals surface area (Å²) in [4.78, 5) is 11.2. The molecule has 1 aromatic rings. The predicted molar refractivity (Wildman–Crippen MR) is 61.3 cm³/mol. The summed E-state index contributed by atoms with van der Waals surface area (Å²) in [6.45, 7) is 0.775. The molecule has 1 aromatic carbocycles. The van der Waals surface area contributed by atoms with Gasteiger partial charge in [-0.05, 0) is 37.1 Å². The minimum absolute atomic E-state index is 0.362. The molecule has 1 aliphatic heterocycles. The highest BCUT2D eigenvalue weighted by molar-refractivity contribution is 5.81. The van der Waals surface area contributed by atoms with Gasteiger partial charge in [-0.2, -0.15) is 0 Å². The molecule has 3 N–H and O–H groups in total. The van der Waals surface area contributed by atoms with Crippen molar-refractivity contribution < 1.29 is 9.53 Å². The molecule has 0 aliphatic carbocycles. The van der Waals surface area contributed by atoms with Gasteiger partial charge >= 0.3 is 0 Å². The van der Waals surface area contributed by atoms with Crippen molar-refractivity contribution >= 4 is 5.91 Å². The first kappa shape index (κ1) is 11.0. The van der Waals surface area contributed by atoms with Crippen molar-refractivity contribution in [3.8, 4) is 5.75 Å². The van der Waals surface area contributed by atoms with Crippen LogP contribution in [0.1, 0.15) is 23.6 Å². The summed E-state index contributed by atoms with van der Waals surface area (Å²) in [5, 5.41) is 2.91. The van der Waals surface area contributed by atoms with Crippen LogP contribution < -0.4 is 15.8 Å². The molecule has 0 bridgehead atoms. The summed E-state index contributed by atoms with van der Waals surface area (Å²) in [6.07, 6.45) is 2.02. The Balaban J connectivity index is 2.32. The van der Waals surface area contributed by atoms with Crippen molar-refractivity contribution in [1.82, 2.24) is 5.32 Å². The number of fused-ring (bicyclic) bond motifs is 1. The van der Waals surface area contributed by atoms with Crippen LogP contribution in [0, 0.1) is 0 Å². The van der Waals surface area contributed by atoms with Crippen molar-refractivity contribution in [1.29, 1.82) is 0 Å². The molecule has 0 aromatic heterocycles. The smallest absolute Gasteiger partial charge is 0.239 e. The van der Waals surface area contributed by atoms with Crippen LogP contribution in [0.25, 0.3) is 0 Å². The molecule has 1 atom stereocenters. The first-order valence-electron chi connectivity index (χ1n) is 5.44. The molecule has 0 radical (unpaired) electrons. The number of carbonyl (C=O) groups is 1. The minimum atomic E-state index is -0.424. The molecule has 0 fully saturated rings. The molecule has 16 heavy (non-hydrogen) atoms. The van der Waals surface area contributed by atoms with E-state index >= 15 is 0 Å². The van der Waals surface area contributed by atoms with E-state index in [1.165, 1.54) is 0 Å². The quantitative estimate of drug-likeness (QED) is 0.790. The number of hydrogen-bond donors (Lipinski definition) is 2. The fourth-order valence-corrected chi connectivity index (χ4v) is 2.03. The number of amides is 1. The lowest BCUT2D eigenvalue weighted by atomic mass is 9.99. The molecule has 1 unspecified atom stereocenters. The first-order valence-corrected chi connectivity index (χ1v) is 5.44. The second-order valence-electron chi connectivity index (χ2n) is 3.94. The van der Waals surface area contributed by atoms with Gasteiger partial charge in [0.05, 0.1) is 6.61 Å². The molecule has 4 heteroatoms. The van der Waals surface area contributed by atoms with E-state index in [0.29, 0.717) is 0 Å². The van der Waals surface area contributed by atoms with Crippen LogP contribution in [-0.2, 0) is 11.2 Å². The van der Waals surface area contributed by atoms with Gasteiger partial charge in [-0.3, -0.25) is 4.79 Å². The number of benzene rings is 1. The van der Waals surface area contributed by atoms with Gasteiger partial charge in [0.15, 0.2) is 0 Å². The lowest BCUT2D eigenvalue weighted by Crippen LogP contribution is -2.31. The maximum atomic E-state index is 11.2. The molecule has 86 valence electrons.